The standard InChI is InChI=1S/C12H11BrN4OS/c1-3-19-12-14-7-5-9(13)17-8(4-6(2)16-17)10(7)11(18)15-12/h4-5H,3H2,1-2H3,(H,14,15,18). The third-order valence-electron chi connectivity index (χ3n) is 2.75. The molecule has 19 heavy (non-hydrogen) atoms. The summed E-state index contributed by atoms with van der Waals surface area (Å²) in [4.78, 5) is 19.5. The summed E-state index contributed by atoms with van der Waals surface area (Å²) in [6, 6.07) is 3.71. The van der Waals surface area contributed by atoms with Crippen LogP contribution < -0.4 is 5.56 Å². The Bertz CT molecular complexity index is 839. The molecule has 0 bridgehead atoms. The van der Waals surface area contributed by atoms with Crippen molar-refractivity contribution < 1.29 is 0 Å². The van der Waals surface area contributed by atoms with Crippen LogP contribution in [0.25, 0.3) is 16.4 Å². The molecule has 0 radical (unpaired) electrons. The summed E-state index contributed by atoms with van der Waals surface area (Å²) in [6.45, 7) is 3.92. The molecule has 0 amide bonds. The lowest BCUT2D eigenvalue weighted by Gasteiger charge is -2.04. The summed E-state index contributed by atoms with van der Waals surface area (Å²) in [5.74, 6) is 0.865. The molecule has 3 rings (SSSR count). The Hall–Kier alpha value is -1.34. The number of aromatic amines is 1. The number of thioether (sulfide) groups is 1. The summed E-state index contributed by atoms with van der Waals surface area (Å²) >= 11 is 4.98. The normalized spacial score (nSPS) is 11.5. The lowest BCUT2D eigenvalue weighted by atomic mass is 10.2. The minimum atomic E-state index is -0.127. The Morgan fingerprint density at radius 1 is 1.47 bits per heavy atom. The molecule has 0 atom stereocenters. The second-order valence-corrected chi connectivity index (χ2v) is 6.18. The van der Waals surface area contributed by atoms with Crippen molar-refractivity contribution in [1.29, 1.82) is 0 Å². The predicted octanol–water partition coefficient (Wildman–Crippen LogP) is 2.75. The maximum Gasteiger partial charge on any atom is 0.261 e. The maximum absolute atomic E-state index is 12.2. The Morgan fingerprint density at radius 2 is 2.26 bits per heavy atom. The Labute approximate surface area is 121 Å². The zero-order chi connectivity index (χ0) is 13.6. The number of fused-ring (bicyclic) bond motifs is 3. The first kappa shape index (κ1) is 12.7. The second-order valence-electron chi connectivity index (χ2n) is 4.11. The lowest BCUT2D eigenvalue weighted by Crippen LogP contribution is -2.11. The van der Waals surface area contributed by atoms with Gasteiger partial charge in [0.1, 0.15) is 4.60 Å². The van der Waals surface area contributed by atoms with E-state index in [2.05, 4.69) is 31.0 Å². The van der Waals surface area contributed by atoms with Crippen molar-refractivity contribution in [1.82, 2.24) is 19.6 Å². The molecule has 0 aromatic carbocycles. The summed E-state index contributed by atoms with van der Waals surface area (Å²) in [6.07, 6.45) is 0. The van der Waals surface area contributed by atoms with Crippen molar-refractivity contribution in [3.63, 3.8) is 0 Å². The molecule has 0 saturated heterocycles. The van der Waals surface area contributed by atoms with E-state index in [1.54, 1.807) is 4.52 Å². The molecule has 0 aliphatic rings. The number of nitrogens with one attached hydrogen (secondary N) is 1. The van der Waals surface area contributed by atoms with Gasteiger partial charge in [-0.1, -0.05) is 18.7 Å². The number of halogens is 1. The van der Waals surface area contributed by atoms with Crippen molar-refractivity contribution in [2.45, 2.75) is 19.0 Å². The molecule has 5 nitrogen and oxygen atoms in total. The number of nitrogens with zero attached hydrogens (tertiary/aromatic N) is 3. The second kappa shape index (κ2) is 4.64. The van der Waals surface area contributed by atoms with Gasteiger partial charge in [0.25, 0.3) is 5.56 Å². The van der Waals surface area contributed by atoms with E-state index in [9.17, 15) is 4.79 Å². The van der Waals surface area contributed by atoms with Crippen LogP contribution in [-0.2, 0) is 0 Å². The van der Waals surface area contributed by atoms with Crippen LogP contribution in [0.2, 0.25) is 0 Å². The minimum absolute atomic E-state index is 0.127. The first-order valence-corrected chi connectivity index (χ1v) is 7.59. The molecule has 0 aliphatic carbocycles. The molecule has 0 spiro atoms. The van der Waals surface area contributed by atoms with Gasteiger partial charge in [-0.2, -0.15) is 5.10 Å². The highest BCUT2D eigenvalue weighted by Crippen LogP contribution is 2.23. The van der Waals surface area contributed by atoms with Crippen LogP contribution in [0.5, 0.6) is 0 Å². The Kier molecular flexibility index (Phi) is 3.10. The zero-order valence-electron chi connectivity index (χ0n) is 10.4. The molecule has 0 saturated carbocycles. The van der Waals surface area contributed by atoms with Gasteiger partial charge >= 0.3 is 0 Å². The molecule has 0 aliphatic heterocycles. The topological polar surface area (TPSA) is 63.1 Å². The highest BCUT2D eigenvalue weighted by molar-refractivity contribution is 9.10. The third-order valence-corrected chi connectivity index (χ3v) is 4.07. The first-order valence-electron chi connectivity index (χ1n) is 5.82. The van der Waals surface area contributed by atoms with Crippen molar-refractivity contribution in [2.24, 2.45) is 0 Å². The molecule has 0 fully saturated rings. The van der Waals surface area contributed by atoms with E-state index in [1.807, 2.05) is 26.0 Å². The fourth-order valence-corrected chi connectivity index (χ4v) is 3.13. The average Bonchev–Trinajstić information content (AvgIpc) is 2.71. The molecule has 98 valence electrons. The van der Waals surface area contributed by atoms with E-state index in [4.69, 9.17) is 0 Å². The van der Waals surface area contributed by atoms with Gasteiger partial charge in [0.2, 0.25) is 0 Å². The van der Waals surface area contributed by atoms with E-state index < -0.39 is 0 Å². The number of H-pyrrole nitrogens is 1. The van der Waals surface area contributed by atoms with Crippen LogP contribution in [-0.4, -0.2) is 25.3 Å². The molecule has 3 heterocycles. The van der Waals surface area contributed by atoms with Crippen molar-refractivity contribution in [3.05, 3.63) is 32.8 Å². The van der Waals surface area contributed by atoms with Crippen LogP contribution >= 0.6 is 27.7 Å². The summed E-state index contributed by atoms with van der Waals surface area (Å²) < 4.78 is 2.50. The zero-order valence-corrected chi connectivity index (χ0v) is 12.8. The smallest absolute Gasteiger partial charge is 0.261 e. The molecule has 0 unspecified atom stereocenters. The number of aryl methyl sites for hydroxylation is 1. The van der Waals surface area contributed by atoms with Crippen molar-refractivity contribution >= 4 is 44.1 Å². The van der Waals surface area contributed by atoms with Crippen LogP contribution in [0.3, 0.4) is 0 Å². The number of aromatic nitrogens is 4. The van der Waals surface area contributed by atoms with E-state index in [0.717, 1.165) is 21.6 Å². The fraction of sp³-hybridized carbons (Fsp3) is 0.250. The fourth-order valence-electron chi connectivity index (χ4n) is 2.04. The van der Waals surface area contributed by atoms with E-state index in [-0.39, 0.29) is 5.56 Å². The van der Waals surface area contributed by atoms with Crippen LogP contribution in [0.4, 0.5) is 0 Å². The quantitative estimate of drug-likeness (QED) is 0.443. The van der Waals surface area contributed by atoms with Crippen molar-refractivity contribution in [2.75, 3.05) is 5.75 Å². The Morgan fingerprint density at radius 3 is 3.00 bits per heavy atom. The highest BCUT2D eigenvalue weighted by atomic mass is 79.9. The molecule has 3 aromatic heterocycles. The summed E-state index contributed by atoms with van der Waals surface area (Å²) in [5.41, 5.74) is 2.18. The molecule has 7 heteroatoms. The monoisotopic (exact) mass is 338 g/mol. The predicted molar refractivity (Wildman–Crippen MR) is 79.9 cm³/mol. The van der Waals surface area contributed by atoms with Gasteiger partial charge in [-0.25, -0.2) is 9.50 Å². The van der Waals surface area contributed by atoms with Gasteiger partial charge in [0.05, 0.1) is 22.1 Å². The molecular formula is C12H11BrN4OS. The number of rotatable bonds is 2. The van der Waals surface area contributed by atoms with Gasteiger partial charge in [-0.3, -0.25) is 4.79 Å². The minimum Gasteiger partial charge on any atom is -0.301 e. The van der Waals surface area contributed by atoms with Gasteiger partial charge in [-0.15, -0.1) is 0 Å². The van der Waals surface area contributed by atoms with E-state index >= 15 is 0 Å². The van der Waals surface area contributed by atoms with Gasteiger partial charge in [-0.05, 0) is 40.7 Å². The van der Waals surface area contributed by atoms with Crippen LogP contribution in [0, 0.1) is 6.92 Å². The molecule has 1 N–H and O–H groups in total. The van der Waals surface area contributed by atoms with Gasteiger partial charge < -0.3 is 4.98 Å². The van der Waals surface area contributed by atoms with Crippen molar-refractivity contribution in [3.8, 4) is 0 Å². The van der Waals surface area contributed by atoms with Gasteiger partial charge in [0.15, 0.2) is 5.16 Å². The average molecular weight is 339 g/mol. The largest absolute Gasteiger partial charge is 0.301 e. The first-order chi connectivity index (χ1) is 9.10. The lowest BCUT2D eigenvalue weighted by molar-refractivity contribution is 0.908. The SMILES string of the molecule is CCSc1nc2cc(Br)n3nc(C)cc3c2c(=O)[nH]1. The van der Waals surface area contributed by atoms with Gasteiger partial charge in [0, 0.05) is 0 Å². The van der Waals surface area contributed by atoms with Crippen LogP contribution in [0.1, 0.15) is 12.6 Å². The highest BCUT2D eigenvalue weighted by Gasteiger charge is 2.12. The number of hydrogen-bond donors (Lipinski definition) is 1. The maximum atomic E-state index is 12.2. The van der Waals surface area contributed by atoms with E-state index in [1.165, 1.54) is 11.8 Å². The van der Waals surface area contributed by atoms with E-state index in [0.29, 0.717) is 16.1 Å². The number of pyridine rings is 1. The molecular weight excluding hydrogens is 328 g/mol. The van der Waals surface area contributed by atoms with Crippen LogP contribution in [0.15, 0.2) is 26.7 Å². The molecule has 3 aromatic rings. The summed E-state index contributed by atoms with van der Waals surface area (Å²) in [7, 11) is 0. The summed E-state index contributed by atoms with van der Waals surface area (Å²) in [5, 5.41) is 5.57. The third kappa shape index (κ3) is 2.06. The number of hydrogen-bond acceptors (Lipinski definition) is 4. The Balaban J connectivity index is 2.46.